The lowest BCUT2D eigenvalue weighted by atomic mass is 9.97. The van der Waals surface area contributed by atoms with Crippen LogP contribution in [0.4, 0.5) is 0 Å². The minimum atomic E-state index is -3.46. The first-order chi connectivity index (χ1) is 11.6. The molecule has 2 aromatic carbocycles. The first kappa shape index (κ1) is 15.7. The summed E-state index contributed by atoms with van der Waals surface area (Å²) in [7, 11) is -3.46. The lowest BCUT2D eigenvalue weighted by molar-refractivity contribution is 0.223. The fourth-order valence-corrected chi connectivity index (χ4v) is 4.71. The molecule has 0 bridgehead atoms. The number of sulfonamides is 1. The minimum Gasteiger partial charge on any atom is -0.493 e. The Labute approximate surface area is 142 Å². The summed E-state index contributed by atoms with van der Waals surface area (Å²) < 4.78 is 33.6. The van der Waals surface area contributed by atoms with E-state index in [1.807, 2.05) is 36.4 Å². The molecule has 126 valence electrons. The Kier molecular flexibility index (Phi) is 4.06. The molecule has 0 aromatic heterocycles. The Morgan fingerprint density at radius 2 is 1.88 bits per heavy atom. The van der Waals surface area contributed by atoms with E-state index in [1.165, 1.54) is 11.1 Å². The van der Waals surface area contributed by atoms with Gasteiger partial charge in [-0.15, -0.1) is 0 Å². The molecule has 0 unspecified atom stereocenters. The first-order valence-electron chi connectivity index (χ1n) is 8.44. The molecule has 24 heavy (non-hydrogen) atoms. The van der Waals surface area contributed by atoms with Crippen LogP contribution in [-0.4, -0.2) is 21.6 Å². The molecule has 4 nitrogen and oxygen atoms in total. The maximum atomic E-state index is 12.6. The van der Waals surface area contributed by atoms with Crippen molar-refractivity contribution < 1.29 is 13.2 Å². The highest BCUT2D eigenvalue weighted by Gasteiger charge is 2.23. The van der Waals surface area contributed by atoms with Crippen molar-refractivity contribution in [1.82, 2.24) is 4.72 Å². The van der Waals surface area contributed by atoms with Gasteiger partial charge < -0.3 is 4.74 Å². The summed E-state index contributed by atoms with van der Waals surface area (Å²) in [5, 5.41) is 0. The van der Waals surface area contributed by atoms with Gasteiger partial charge in [0.15, 0.2) is 0 Å². The molecule has 2 aliphatic rings. The van der Waals surface area contributed by atoms with E-state index in [0.717, 1.165) is 37.0 Å². The second-order valence-electron chi connectivity index (χ2n) is 6.62. The third-order valence-electron chi connectivity index (χ3n) is 4.90. The van der Waals surface area contributed by atoms with Gasteiger partial charge in [0.05, 0.1) is 11.5 Å². The van der Waals surface area contributed by atoms with Crippen molar-refractivity contribution in [3.05, 3.63) is 59.2 Å². The average Bonchev–Trinajstić information content (AvgIpc) is 3.07. The minimum absolute atomic E-state index is 0.157. The number of rotatable bonds is 4. The monoisotopic (exact) mass is 343 g/mol. The van der Waals surface area contributed by atoms with E-state index in [9.17, 15) is 8.42 Å². The van der Waals surface area contributed by atoms with Gasteiger partial charge in [-0.05, 0) is 60.6 Å². The van der Waals surface area contributed by atoms with Crippen LogP contribution in [0, 0.1) is 5.92 Å². The van der Waals surface area contributed by atoms with Gasteiger partial charge in [-0.1, -0.05) is 24.3 Å². The van der Waals surface area contributed by atoms with Crippen molar-refractivity contribution in [2.75, 3.05) is 13.2 Å². The fraction of sp³-hybridized carbons (Fsp3) is 0.368. The topological polar surface area (TPSA) is 55.4 Å². The summed E-state index contributed by atoms with van der Waals surface area (Å²) in [6.45, 7) is 0.942. The third-order valence-corrected chi connectivity index (χ3v) is 6.32. The smallest absolute Gasteiger partial charge is 0.240 e. The highest BCUT2D eigenvalue weighted by Crippen LogP contribution is 2.27. The first-order valence-corrected chi connectivity index (χ1v) is 9.92. The maximum Gasteiger partial charge on any atom is 0.240 e. The molecule has 0 fully saturated rings. The summed E-state index contributed by atoms with van der Waals surface area (Å²) >= 11 is 0. The molecule has 0 amide bonds. The molecule has 1 heterocycles. The van der Waals surface area contributed by atoms with E-state index < -0.39 is 10.0 Å². The standard InChI is InChI=1S/C19H21NO3S/c21-24(22,18-9-8-15-5-3-6-16(15)11-18)20-12-14-10-17-4-1-2-7-19(17)23-13-14/h1-2,4,7-9,11,14,20H,3,5-6,10,12-13H2/t14-/m0/s1. The largest absolute Gasteiger partial charge is 0.493 e. The molecule has 5 heteroatoms. The summed E-state index contributed by atoms with van der Waals surface area (Å²) in [5.41, 5.74) is 3.60. The van der Waals surface area contributed by atoms with Crippen molar-refractivity contribution in [3.63, 3.8) is 0 Å². The Hall–Kier alpha value is -1.85. The summed E-state index contributed by atoms with van der Waals surface area (Å²) in [5.74, 6) is 1.07. The van der Waals surface area contributed by atoms with Crippen LogP contribution < -0.4 is 9.46 Å². The molecule has 0 radical (unpaired) electrons. The van der Waals surface area contributed by atoms with Crippen LogP contribution in [0.25, 0.3) is 0 Å². The number of benzene rings is 2. The number of ether oxygens (including phenoxy) is 1. The lowest BCUT2D eigenvalue weighted by Crippen LogP contribution is -2.34. The molecule has 0 spiro atoms. The third kappa shape index (κ3) is 3.06. The summed E-state index contributed by atoms with van der Waals surface area (Å²) in [6, 6.07) is 13.4. The van der Waals surface area contributed by atoms with Crippen molar-refractivity contribution in [2.45, 2.75) is 30.6 Å². The average molecular weight is 343 g/mol. The van der Waals surface area contributed by atoms with Crippen LogP contribution in [0.15, 0.2) is 47.4 Å². The zero-order chi connectivity index (χ0) is 16.6. The van der Waals surface area contributed by atoms with Crippen LogP contribution in [-0.2, 0) is 29.3 Å². The van der Waals surface area contributed by atoms with Gasteiger partial charge in [0.2, 0.25) is 10.0 Å². The summed E-state index contributed by atoms with van der Waals surface area (Å²) in [6.07, 6.45) is 3.99. The number of para-hydroxylation sites is 1. The Morgan fingerprint density at radius 3 is 2.79 bits per heavy atom. The van der Waals surface area contributed by atoms with Gasteiger partial charge in [-0.3, -0.25) is 0 Å². The van der Waals surface area contributed by atoms with Crippen LogP contribution >= 0.6 is 0 Å². The maximum absolute atomic E-state index is 12.6. The molecule has 2 aromatic rings. The molecule has 0 saturated carbocycles. The Balaban J connectivity index is 1.44. The molecule has 1 atom stereocenters. The van der Waals surface area contributed by atoms with Crippen molar-refractivity contribution in [2.24, 2.45) is 5.92 Å². The van der Waals surface area contributed by atoms with E-state index in [0.29, 0.717) is 18.0 Å². The van der Waals surface area contributed by atoms with Gasteiger partial charge in [0, 0.05) is 12.5 Å². The van der Waals surface area contributed by atoms with Crippen molar-refractivity contribution in [1.29, 1.82) is 0 Å². The lowest BCUT2D eigenvalue weighted by Gasteiger charge is -2.25. The number of aryl methyl sites for hydroxylation is 2. The Morgan fingerprint density at radius 1 is 1.04 bits per heavy atom. The molecule has 1 aliphatic heterocycles. The van der Waals surface area contributed by atoms with Gasteiger partial charge >= 0.3 is 0 Å². The van der Waals surface area contributed by atoms with Gasteiger partial charge in [0.1, 0.15) is 5.75 Å². The highest BCUT2D eigenvalue weighted by atomic mass is 32.2. The van der Waals surface area contributed by atoms with Crippen molar-refractivity contribution in [3.8, 4) is 5.75 Å². The van der Waals surface area contributed by atoms with Crippen LogP contribution in [0.2, 0.25) is 0 Å². The quantitative estimate of drug-likeness (QED) is 0.929. The van der Waals surface area contributed by atoms with Gasteiger partial charge in [-0.25, -0.2) is 13.1 Å². The highest BCUT2D eigenvalue weighted by molar-refractivity contribution is 7.89. The molecule has 1 aliphatic carbocycles. The van der Waals surface area contributed by atoms with E-state index in [-0.39, 0.29) is 5.92 Å². The van der Waals surface area contributed by atoms with E-state index in [2.05, 4.69) is 4.72 Å². The normalized spacial score (nSPS) is 19.4. The van der Waals surface area contributed by atoms with E-state index in [4.69, 9.17) is 4.74 Å². The van der Waals surface area contributed by atoms with Crippen LogP contribution in [0.3, 0.4) is 0 Å². The predicted molar refractivity (Wildman–Crippen MR) is 92.8 cm³/mol. The van der Waals surface area contributed by atoms with E-state index in [1.54, 1.807) is 6.07 Å². The second-order valence-corrected chi connectivity index (χ2v) is 8.39. The Bertz CT molecular complexity index is 861. The zero-order valence-corrected chi connectivity index (χ0v) is 14.3. The molecular weight excluding hydrogens is 322 g/mol. The van der Waals surface area contributed by atoms with Gasteiger partial charge in [0.25, 0.3) is 0 Å². The van der Waals surface area contributed by atoms with Crippen molar-refractivity contribution >= 4 is 10.0 Å². The predicted octanol–water partition coefficient (Wildman–Crippen LogP) is 2.70. The zero-order valence-electron chi connectivity index (χ0n) is 13.5. The second kappa shape index (κ2) is 6.22. The number of fused-ring (bicyclic) bond motifs is 2. The fourth-order valence-electron chi connectivity index (χ4n) is 3.55. The van der Waals surface area contributed by atoms with E-state index >= 15 is 0 Å². The van der Waals surface area contributed by atoms with Gasteiger partial charge in [-0.2, -0.15) is 0 Å². The molecule has 4 rings (SSSR count). The SMILES string of the molecule is O=S(=O)(NC[C@H]1COc2ccccc2C1)c1ccc2c(c1)CCC2. The number of hydrogen-bond donors (Lipinski definition) is 1. The summed E-state index contributed by atoms with van der Waals surface area (Å²) in [4.78, 5) is 0.375. The molecule has 0 saturated heterocycles. The van der Waals surface area contributed by atoms with Crippen LogP contribution in [0.5, 0.6) is 5.75 Å². The molecule has 1 N–H and O–H groups in total. The number of nitrogens with one attached hydrogen (secondary N) is 1. The number of hydrogen-bond acceptors (Lipinski definition) is 3. The van der Waals surface area contributed by atoms with Crippen LogP contribution in [0.1, 0.15) is 23.1 Å². The molecular formula is C19H21NO3S.